The van der Waals surface area contributed by atoms with Crippen molar-refractivity contribution in [3.63, 3.8) is 0 Å². The van der Waals surface area contributed by atoms with Gasteiger partial charge < -0.3 is 5.32 Å². The van der Waals surface area contributed by atoms with Crippen molar-refractivity contribution >= 4 is 11.6 Å². The number of fused-ring (bicyclic) bond motifs is 1. The molecule has 4 rings (SSSR count). The fraction of sp³-hybridized carbons (Fsp3) is 0.381. The summed E-state index contributed by atoms with van der Waals surface area (Å²) >= 11 is 0. The van der Waals surface area contributed by atoms with E-state index < -0.39 is 0 Å². The van der Waals surface area contributed by atoms with Crippen LogP contribution in [0.1, 0.15) is 58.6 Å². The fourth-order valence-electron chi connectivity index (χ4n) is 3.89. The van der Waals surface area contributed by atoms with Gasteiger partial charge in [0.05, 0.1) is 6.20 Å². The van der Waals surface area contributed by atoms with Gasteiger partial charge in [0, 0.05) is 23.9 Å². The molecule has 1 aliphatic rings. The third-order valence-corrected chi connectivity index (χ3v) is 5.47. The Morgan fingerprint density at radius 1 is 1.26 bits per heavy atom. The molecule has 1 fully saturated rings. The number of hydrogen-bond acceptors (Lipinski definition) is 3. The van der Waals surface area contributed by atoms with Gasteiger partial charge in [0.2, 0.25) is 0 Å². The van der Waals surface area contributed by atoms with E-state index in [9.17, 15) is 9.18 Å². The second-order valence-corrected chi connectivity index (χ2v) is 7.28. The minimum Gasteiger partial charge on any atom is -0.349 e. The van der Waals surface area contributed by atoms with Gasteiger partial charge in [-0.25, -0.2) is 13.9 Å². The first kappa shape index (κ1) is 17.6. The third-order valence-electron chi connectivity index (χ3n) is 5.47. The Morgan fingerprint density at radius 2 is 2.00 bits per heavy atom. The van der Waals surface area contributed by atoms with Crippen LogP contribution in [0.25, 0.3) is 5.65 Å². The molecule has 5 nitrogen and oxygen atoms in total. The van der Waals surface area contributed by atoms with Crippen LogP contribution in [0.5, 0.6) is 0 Å². The molecule has 2 heterocycles. The van der Waals surface area contributed by atoms with Gasteiger partial charge in [-0.05, 0) is 43.9 Å². The number of amides is 1. The van der Waals surface area contributed by atoms with Crippen LogP contribution in [0.2, 0.25) is 0 Å². The van der Waals surface area contributed by atoms with E-state index >= 15 is 0 Å². The molecule has 1 N–H and O–H groups in total. The second kappa shape index (κ2) is 7.10. The number of aryl methyl sites for hydroxylation is 2. The molecular formula is C21H23FN4O. The Hall–Kier alpha value is -2.76. The number of rotatable bonds is 4. The van der Waals surface area contributed by atoms with E-state index in [1.165, 1.54) is 6.07 Å². The smallest absolute Gasteiger partial charge is 0.256 e. The first-order valence-electron chi connectivity index (χ1n) is 9.42. The lowest BCUT2D eigenvalue weighted by Crippen LogP contribution is -2.32. The highest BCUT2D eigenvalue weighted by molar-refractivity contribution is 5.99. The molecule has 0 bridgehead atoms. The largest absolute Gasteiger partial charge is 0.349 e. The van der Waals surface area contributed by atoms with Crippen molar-refractivity contribution in [2.45, 2.75) is 52.0 Å². The monoisotopic (exact) mass is 366 g/mol. The first-order valence-corrected chi connectivity index (χ1v) is 9.42. The predicted octanol–water partition coefficient (Wildman–Crippen LogP) is 3.75. The Labute approximate surface area is 157 Å². The van der Waals surface area contributed by atoms with Crippen LogP contribution < -0.4 is 5.32 Å². The zero-order valence-electron chi connectivity index (χ0n) is 15.6. The van der Waals surface area contributed by atoms with Crippen LogP contribution in [0.15, 0.2) is 30.5 Å². The van der Waals surface area contributed by atoms with E-state index in [-0.39, 0.29) is 17.8 Å². The summed E-state index contributed by atoms with van der Waals surface area (Å²) < 4.78 is 15.7. The van der Waals surface area contributed by atoms with Crippen LogP contribution >= 0.6 is 0 Å². The minimum absolute atomic E-state index is 0.120. The fourth-order valence-corrected chi connectivity index (χ4v) is 3.89. The molecule has 0 aliphatic heterocycles. The Balaban J connectivity index is 1.68. The van der Waals surface area contributed by atoms with Gasteiger partial charge in [-0.1, -0.05) is 31.0 Å². The summed E-state index contributed by atoms with van der Waals surface area (Å²) in [6, 6.07) is 7.00. The summed E-state index contributed by atoms with van der Waals surface area (Å²) in [6.45, 7) is 3.83. The zero-order valence-corrected chi connectivity index (χ0v) is 15.6. The van der Waals surface area contributed by atoms with Crippen molar-refractivity contribution < 1.29 is 9.18 Å². The van der Waals surface area contributed by atoms with E-state index in [1.807, 2.05) is 19.9 Å². The standard InChI is InChI=1S/C21H23FN4O/c1-13-17(11-15-7-3-6-10-19(15)22)14(2)26-20(24-13)18(12-23-26)21(27)25-16-8-4-5-9-16/h3,6-7,10,12,16H,4-5,8-9,11H2,1-2H3,(H,25,27). The number of halogens is 1. The number of nitrogens with one attached hydrogen (secondary N) is 1. The molecule has 1 aliphatic carbocycles. The van der Waals surface area contributed by atoms with Crippen molar-refractivity contribution in [1.82, 2.24) is 19.9 Å². The van der Waals surface area contributed by atoms with Gasteiger partial charge in [-0.2, -0.15) is 5.10 Å². The molecule has 0 radical (unpaired) electrons. The maximum absolute atomic E-state index is 14.1. The van der Waals surface area contributed by atoms with Crippen LogP contribution in [-0.2, 0) is 6.42 Å². The Kier molecular flexibility index (Phi) is 4.64. The minimum atomic E-state index is -0.228. The maximum atomic E-state index is 14.1. The molecule has 0 spiro atoms. The van der Waals surface area contributed by atoms with Gasteiger partial charge in [0.15, 0.2) is 5.65 Å². The van der Waals surface area contributed by atoms with Gasteiger partial charge in [-0.3, -0.25) is 4.79 Å². The van der Waals surface area contributed by atoms with Crippen LogP contribution in [0, 0.1) is 19.7 Å². The van der Waals surface area contributed by atoms with Crippen LogP contribution in [0.3, 0.4) is 0 Å². The average Bonchev–Trinajstić information content (AvgIpc) is 3.29. The van der Waals surface area contributed by atoms with Gasteiger partial charge >= 0.3 is 0 Å². The molecule has 1 saturated carbocycles. The Bertz CT molecular complexity index is 1000. The summed E-state index contributed by atoms with van der Waals surface area (Å²) in [5.74, 6) is -0.349. The zero-order chi connectivity index (χ0) is 19.0. The molecule has 1 aromatic carbocycles. The molecular weight excluding hydrogens is 343 g/mol. The predicted molar refractivity (Wildman–Crippen MR) is 101 cm³/mol. The van der Waals surface area contributed by atoms with E-state index in [2.05, 4.69) is 15.4 Å². The molecule has 6 heteroatoms. The number of hydrogen-bond donors (Lipinski definition) is 1. The topological polar surface area (TPSA) is 59.3 Å². The molecule has 0 saturated heterocycles. The quantitative estimate of drug-likeness (QED) is 0.765. The van der Waals surface area contributed by atoms with E-state index in [0.29, 0.717) is 23.2 Å². The van der Waals surface area contributed by atoms with Crippen molar-refractivity contribution in [2.24, 2.45) is 0 Å². The first-order chi connectivity index (χ1) is 13.0. The van der Waals surface area contributed by atoms with Gasteiger partial charge in [0.1, 0.15) is 11.4 Å². The summed E-state index contributed by atoms with van der Waals surface area (Å²) in [5, 5.41) is 7.47. The maximum Gasteiger partial charge on any atom is 0.256 e. The summed E-state index contributed by atoms with van der Waals surface area (Å²) in [5.41, 5.74) is 4.26. The summed E-state index contributed by atoms with van der Waals surface area (Å²) in [7, 11) is 0. The van der Waals surface area contributed by atoms with Gasteiger partial charge in [-0.15, -0.1) is 0 Å². The highest BCUT2D eigenvalue weighted by Crippen LogP contribution is 2.22. The molecule has 0 unspecified atom stereocenters. The number of carbonyl (C=O) groups excluding carboxylic acids is 1. The van der Waals surface area contributed by atoms with Crippen molar-refractivity contribution in [3.05, 3.63) is 64.4 Å². The lowest BCUT2D eigenvalue weighted by molar-refractivity contribution is 0.0939. The average molecular weight is 366 g/mol. The Morgan fingerprint density at radius 3 is 2.74 bits per heavy atom. The van der Waals surface area contributed by atoms with Crippen LogP contribution in [0.4, 0.5) is 4.39 Å². The molecule has 1 amide bonds. The molecule has 0 atom stereocenters. The van der Waals surface area contributed by atoms with E-state index in [0.717, 1.165) is 42.6 Å². The number of aromatic nitrogens is 3. The summed E-state index contributed by atoms with van der Waals surface area (Å²) in [4.78, 5) is 17.3. The third kappa shape index (κ3) is 3.31. The van der Waals surface area contributed by atoms with Gasteiger partial charge in [0.25, 0.3) is 5.91 Å². The molecule has 3 aromatic rings. The second-order valence-electron chi connectivity index (χ2n) is 7.28. The lowest BCUT2D eigenvalue weighted by atomic mass is 10.0. The molecule has 27 heavy (non-hydrogen) atoms. The van der Waals surface area contributed by atoms with E-state index in [1.54, 1.807) is 22.8 Å². The van der Waals surface area contributed by atoms with E-state index in [4.69, 9.17) is 0 Å². The van der Waals surface area contributed by atoms with Crippen LogP contribution in [-0.4, -0.2) is 26.5 Å². The summed E-state index contributed by atoms with van der Waals surface area (Å²) in [6.07, 6.45) is 6.40. The SMILES string of the molecule is Cc1nc2c(C(=O)NC3CCCC3)cnn2c(C)c1Cc1ccccc1F. The highest BCUT2D eigenvalue weighted by atomic mass is 19.1. The van der Waals surface area contributed by atoms with Crippen molar-refractivity contribution in [2.75, 3.05) is 0 Å². The van der Waals surface area contributed by atoms with Crippen molar-refractivity contribution in [3.8, 4) is 0 Å². The number of benzene rings is 1. The number of carbonyl (C=O) groups is 1. The number of nitrogens with zero attached hydrogens (tertiary/aromatic N) is 3. The molecule has 2 aromatic heterocycles. The lowest BCUT2D eigenvalue weighted by Gasteiger charge is -2.13. The molecule has 140 valence electrons. The highest BCUT2D eigenvalue weighted by Gasteiger charge is 2.22. The van der Waals surface area contributed by atoms with Crippen molar-refractivity contribution in [1.29, 1.82) is 0 Å². The normalized spacial score (nSPS) is 14.8.